The van der Waals surface area contributed by atoms with Crippen LogP contribution in [0, 0.1) is 0 Å². The molecule has 0 aliphatic heterocycles. The molecule has 6 heteroatoms. The fourth-order valence-corrected chi connectivity index (χ4v) is 2.56. The van der Waals surface area contributed by atoms with Gasteiger partial charge in [0.05, 0.1) is 4.90 Å². The first kappa shape index (κ1) is 12.7. The maximum Gasteiger partial charge on any atom is 0.261 e. The summed E-state index contributed by atoms with van der Waals surface area (Å²) in [5.41, 5.74) is 6.48. The molecule has 0 saturated carbocycles. The highest BCUT2D eigenvalue weighted by molar-refractivity contribution is 7.92. The Bertz CT molecular complexity index is 637. The molecule has 3 N–H and O–H groups in total. The number of rotatable bonds is 3. The fraction of sp³-hybridized carbons (Fsp3) is 0. The first-order valence-electron chi connectivity index (χ1n) is 5.11. The number of anilines is 2. The van der Waals surface area contributed by atoms with Crippen LogP contribution in [0.5, 0.6) is 0 Å². The first-order valence-corrected chi connectivity index (χ1v) is 6.97. The van der Waals surface area contributed by atoms with Crippen molar-refractivity contribution < 1.29 is 8.42 Å². The van der Waals surface area contributed by atoms with Crippen molar-refractivity contribution in [2.24, 2.45) is 0 Å². The molecule has 0 atom stereocenters. The molecule has 2 rings (SSSR count). The van der Waals surface area contributed by atoms with Crippen molar-refractivity contribution in [2.45, 2.75) is 4.90 Å². The molecular weight excluding hydrogens is 272 g/mol. The quantitative estimate of drug-likeness (QED) is 0.850. The van der Waals surface area contributed by atoms with Gasteiger partial charge in [0.25, 0.3) is 10.0 Å². The Morgan fingerprint density at radius 1 is 0.944 bits per heavy atom. The van der Waals surface area contributed by atoms with Crippen molar-refractivity contribution in [1.82, 2.24) is 0 Å². The molecule has 0 aliphatic carbocycles. The lowest BCUT2D eigenvalue weighted by molar-refractivity contribution is 0.601. The van der Waals surface area contributed by atoms with E-state index in [9.17, 15) is 8.42 Å². The number of hydrogen-bond donors (Lipinski definition) is 2. The predicted molar refractivity (Wildman–Crippen MR) is 73.1 cm³/mol. The molecule has 0 aromatic heterocycles. The van der Waals surface area contributed by atoms with Gasteiger partial charge in [-0.1, -0.05) is 11.6 Å². The molecule has 0 heterocycles. The molecular formula is C12H11ClN2O2S. The minimum Gasteiger partial charge on any atom is -0.399 e. The second-order valence-electron chi connectivity index (χ2n) is 3.68. The van der Waals surface area contributed by atoms with Crippen LogP contribution in [0.4, 0.5) is 11.4 Å². The minimum atomic E-state index is -3.59. The molecule has 2 aromatic carbocycles. The second-order valence-corrected chi connectivity index (χ2v) is 5.80. The Kier molecular flexibility index (Phi) is 3.45. The van der Waals surface area contributed by atoms with Crippen molar-refractivity contribution in [3.8, 4) is 0 Å². The van der Waals surface area contributed by atoms with E-state index < -0.39 is 10.0 Å². The van der Waals surface area contributed by atoms with Gasteiger partial charge in [-0.25, -0.2) is 8.42 Å². The molecule has 0 amide bonds. The maximum absolute atomic E-state index is 12.0. The third kappa shape index (κ3) is 2.94. The topological polar surface area (TPSA) is 72.2 Å². The zero-order valence-corrected chi connectivity index (χ0v) is 10.9. The molecule has 0 spiro atoms. The highest BCUT2D eigenvalue weighted by Crippen LogP contribution is 2.18. The maximum atomic E-state index is 12.0. The summed E-state index contributed by atoms with van der Waals surface area (Å²) in [6.45, 7) is 0. The Hall–Kier alpha value is -1.72. The Morgan fingerprint density at radius 2 is 1.50 bits per heavy atom. The fourth-order valence-electron chi connectivity index (χ4n) is 1.38. The minimum absolute atomic E-state index is 0.159. The van der Waals surface area contributed by atoms with Crippen LogP contribution in [0.2, 0.25) is 5.02 Å². The summed E-state index contributed by atoms with van der Waals surface area (Å²) in [5, 5.41) is 0.547. The van der Waals surface area contributed by atoms with Gasteiger partial charge in [-0.05, 0) is 48.5 Å². The Labute approximate surface area is 110 Å². The molecule has 4 nitrogen and oxygen atoms in total. The van der Waals surface area contributed by atoms with Crippen LogP contribution in [0.1, 0.15) is 0 Å². The Balaban J connectivity index is 2.27. The predicted octanol–water partition coefficient (Wildman–Crippen LogP) is 2.72. The van der Waals surface area contributed by atoms with E-state index in [2.05, 4.69) is 4.72 Å². The zero-order valence-electron chi connectivity index (χ0n) is 9.30. The van der Waals surface area contributed by atoms with Crippen LogP contribution in [-0.4, -0.2) is 8.42 Å². The second kappa shape index (κ2) is 4.88. The molecule has 18 heavy (non-hydrogen) atoms. The number of benzene rings is 2. The monoisotopic (exact) mass is 282 g/mol. The number of hydrogen-bond acceptors (Lipinski definition) is 3. The molecule has 0 unspecified atom stereocenters. The average molecular weight is 283 g/mol. The van der Waals surface area contributed by atoms with Crippen LogP contribution in [-0.2, 0) is 10.0 Å². The average Bonchev–Trinajstić information content (AvgIpc) is 2.32. The van der Waals surface area contributed by atoms with E-state index in [4.69, 9.17) is 17.3 Å². The van der Waals surface area contributed by atoms with Crippen LogP contribution < -0.4 is 10.5 Å². The van der Waals surface area contributed by atoms with Gasteiger partial charge in [-0.3, -0.25) is 4.72 Å². The van der Waals surface area contributed by atoms with Crippen LogP contribution in [0.15, 0.2) is 53.4 Å². The smallest absolute Gasteiger partial charge is 0.261 e. The van der Waals surface area contributed by atoms with E-state index in [1.165, 1.54) is 24.3 Å². The Morgan fingerprint density at radius 3 is 2.06 bits per heavy atom. The highest BCUT2D eigenvalue weighted by Gasteiger charge is 2.13. The lowest BCUT2D eigenvalue weighted by Gasteiger charge is -2.08. The number of nitrogen functional groups attached to an aromatic ring is 1. The summed E-state index contributed by atoms with van der Waals surface area (Å²) in [6.07, 6.45) is 0. The lowest BCUT2D eigenvalue weighted by atomic mass is 10.3. The lowest BCUT2D eigenvalue weighted by Crippen LogP contribution is -2.12. The third-order valence-corrected chi connectivity index (χ3v) is 3.94. The van der Waals surface area contributed by atoms with Crippen molar-refractivity contribution in [3.63, 3.8) is 0 Å². The van der Waals surface area contributed by atoms with Gasteiger partial charge in [0.15, 0.2) is 0 Å². The number of sulfonamides is 1. The SMILES string of the molecule is Nc1ccc(S(=O)(=O)Nc2ccc(Cl)cc2)cc1. The van der Waals surface area contributed by atoms with Gasteiger partial charge in [-0.2, -0.15) is 0 Å². The van der Waals surface area contributed by atoms with E-state index in [0.717, 1.165) is 0 Å². The largest absolute Gasteiger partial charge is 0.399 e. The van der Waals surface area contributed by atoms with Crippen LogP contribution in [0.3, 0.4) is 0 Å². The zero-order chi connectivity index (χ0) is 13.2. The first-order chi connectivity index (χ1) is 8.47. The third-order valence-electron chi connectivity index (χ3n) is 2.29. The molecule has 0 fully saturated rings. The summed E-state index contributed by atoms with van der Waals surface area (Å²) < 4.78 is 26.5. The number of halogens is 1. The van der Waals surface area contributed by atoms with E-state index in [-0.39, 0.29) is 4.90 Å². The van der Waals surface area contributed by atoms with Gasteiger partial charge < -0.3 is 5.73 Å². The molecule has 2 aromatic rings. The van der Waals surface area contributed by atoms with Crippen LogP contribution in [0.25, 0.3) is 0 Å². The van der Waals surface area contributed by atoms with Crippen molar-refractivity contribution >= 4 is 33.0 Å². The van der Waals surface area contributed by atoms with Gasteiger partial charge in [0.1, 0.15) is 0 Å². The van der Waals surface area contributed by atoms with Crippen LogP contribution >= 0.6 is 11.6 Å². The van der Waals surface area contributed by atoms with Gasteiger partial charge in [-0.15, -0.1) is 0 Å². The summed E-state index contributed by atoms with van der Waals surface area (Å²) in [6, 6.07) is 12.4. The molecule has 94 valence electrons. The standard InChI is InChI=1S/C12H11ClN2O2S/c13-9-1-5-11(6-2-9)15-18(16,17)12-7-3-10(14)4-8-12/h1-8,15H,14H2. The van der Waals surface area contributed by atoms with Gasteiger partial charge in [0, 0.05) is 16.4 Å². The normalized spacial score (nSPS) is 11.2. The van der Waals surface area contributed by atoms with E-state index in [0.29, 0.717) is 16.4 Å². The van der Waals surface area contributed by atoms with Crippen molar-refractivity contribution in [1.29, 1.82) is 0 Å². The number of nitrogens with one attached hydrogen (secondary N) is 1. The van der Waals surface area contributed by atoms with E-state index in [1.807, 2.05) is 0 Å². The van der Waals surface area contributed by atoms with Crippen molar-refractivity contribution in [2.75, 3.05) is 10.5 Å². The summed E-state index contributed by atoms with van der Waals surface area (Å²) in [4.78, 5) is 0.159. The van der Waals surface area contributed by atoms with E-state index in [1.54, 1.807) is 24.3 Å². The van der Waals surface area contributed by atoms with Gasteiger partial charge >= 0.3 is 0 Å². The molecule has 0 radical (unpaired) electrons. The van der Waals surface area contributed by atoms with E-state index >= 15 is 0 Å². The summed E-state index contributed by atoms with van der Waals surface area (Å²) >= 11 is 5.73. The summed E-state index contributed by atoms with van der Waals surface area (Å²) in [5.74, 6) is 0. The number of nitrogens with two attached hydrogens (primary N) is 1. The molecule has 0 bridgehead atoms. The summed E-state index contributed by atoms with van der Waals surface area (Å²) in [7, 11) is -3.59. The van der Waals surface area contributed by atoms with Crippen molar-refractivity contribution in [3.05, 3.63) is 53.6 Å². The molecule has 0 aliphatic rings. The molecule has 0 saturated heterocycles. The highest BCUT2D eigenvalue weighted by atomic mass is 35.5. The van der Waals surface area contributed by atoms with Gasteiger partial charge in [0.2, 0.25) is 0 Å².